The quantitative estimate of drug-likeness (QED) is 0.694. The summed E-state index contributed by atoms with van der Waals surface area (Å²) >= 11 is 0. The number of nitrogens with zero attached hydrogens (tertiary/aromatic N) is 2. The molecule has 0 aliphatic heterocycles. The molecule has 0 radical (unpaired) electrons. The van der Waals surface area contributed by atoms with Crippen LogP contribution in [-0.2, 0) is 0 Å². The zero-order chi connectivity index (χ0) is 13.9. The molecule has 3 heteroatoms. The van der Waals surface area contributed by atoms with Gasteiger partial charge in [-0.1, -0.05) is 42.5 Å². The van der Waals surface area contributed by atoms with Crippen LogP contribution in [0.2, 0.25) is 0 Å². The number of aromatic nitrogens is 1. The molecule has 3 nitrogen and oxygen atoms in total. The van der Waals surface area contributed by atoms with Gasteiger partial charge in [0.15, 0.2) is 11.7 Å². The molecule has 0 aliphatic carbocycles. The highest BCUT2D eigenvalue weighted by Crippen LogP contribution is 2.32. The van der Waals surface area contributed by atoms with E-state index >= 15 is 0 Å². The summed E-state index contributed by atoms with van der Waals surface area (Å²) in [5, 5.41) is 8.85. The molecule has 0 aliphatic rings. The molecule has 0 bridgehead atoms. The number of benzene rings is 2. The first-order valence-electron chi connectivity index (χ1n) is 6.31. The van der Waals surface area contributed by atoms with E-state index in [4.69, 9.17) is 9.68 Å². The fourth-order valence-electron chi connectivity index (χ4n) is 2.11. The second-order valence-corrected chi connectivity index (χ2v) is 4.47. The van der Waals surface area contributed by atoms with Crippen LogP contribution < -0.4 is 0 Å². The molecule has 0 saturated heterocycles. The first kappa shape index (κ1) is 12.2. The summed E-state index contributed by atoms with van der Waals surface area (Å²) in [7, 11) is 0. The van der Waals surface area contributed by atoms with Crippen molar-refractivity contribution in [3.63, 3.8) is 0 Å². The van der Waals surface area contributed by atoms with Crippen molar-refractivity contribution in [1.82, 2.24) is 4.98 Å². The fourth-order valence-corrected chi connectivity index (χ4v) is 2.11. The average molecular weight is 260 g/mol. The lowest BCUT2D eigenvalue weighted by Gasteiger charge is -2.01. The predicted octanol–water partition coefficient (Wildman–Crippen LogP) is 4.19. The normalized spacial score (nSPS) is 10.2. The number of hydrogen-bond donors (Lipinski definition) is 0. The summed E-state index contributed by atoms with van der Waals surface area (Å²) < 4.78 is 5.74. The summed E-state index contributed by atoms with van der Waals surface area (Å²) in [5.74, 6) is 1.39. The maximum Gasteiger partial charge on any atom is 0.192 e. The summed E-state index contributed by atoms with van der Waals surface area (Å²) in [6.45, 7) is 1.83. The Labute approximate surface area is 117 Å². The highest BCUT2D eigenvalue weighted by Gasteiger charge is 2.14. The monoisotopic (exact) mass is 260 g/mol. The van der Waals surface area contributed by atoms with Crippen LogP contribution in [0.15, 0.2) is 59.0 Å². The van der Waals surface area contributed by atoms with E-state index in [1.165, 1.54) is 0 Å². The van der Waals surface area contributed by atoms with Crippen molar-refractivity contribution < 1.29 is 4.42 Å². The average Bonchev–Trinajstić information content (AvgIpc) is 2.90. The third kappa shape index (κ3) is 2.19. The molecule has 1 heterocycles. The van der Waals surface area contributed by atoms with Gasteiger partial charge in [0, 0.05) is 18.1 Å². The van der Waals surface area contributed by atoms with Gasteiger partial charge in [0.2, 0.25) is 0 Å². The van der Waals surface area contributed by atoms with Gasteiger partial charge in [-0.3, -0.25) is 0 Å². The Morgan fingerprint density at radius 2 is 1.65 bits per heavy atom. The molecule has 0 fully saturated rings. The lowest BCUT2D eigenvalue weighted by atomic mass is 10.0. The molecular weight excluding hydrogens is 248 g/mol. The first-order chi connectivity index (χ1) is 9.78. The Kier molecular flexibility index (Phi) is 3.06. The van der Waals surface area contributed by atoms with Crippen molar-refractivity contribution in [2.24, 2.45) is 0 Å². The van der Waals surface area contributed by atoms with Gasteiger partial charge in [0.1, 0.15) is 5.69 Å². The van der Waals surface area contributed by atoms with Crippen molar-refractivity contribution in [3.05, 3.63) is 66.1 Å². The first-order valence-corrected chi connectivity index (χ1v) is 6.31. The van der Waals surface area contributed by atoms with E-state index < -0.39 is 0 Å². The number of oxazole rings is 1. The molecule has 0 N–H and O–H groups in total. The van der Waals surface area contributed by atoms with Crippen LogP contribution in [0.4, 0.5) is 0 Å². The summed E-state index contributed by atoms with van der Waals surface area (Å²) in [6.07, 6.45) is 0. The van der Waals surface area contributed by atoms with Crippen LogP contribution in [0.3, 0.4) is 0 Å². The van der Waals surface area contributed by atoms with Gasteiger partial charge >= 0.3 is 0 Å². The maximum atomic E-state index is 8.85. The smallest absolute Gasteiger partial charge is 0.192 e. The molecule has 0 saturated carbocycles. The van der Waals surface area contributed by atoms with Crippen LogP contribution in [0.1, 0.15) is 11.5 Å². The minimum atomic E-state index is 0.628. The second-order valence-electron chi connectivity index (χ2n) is 4.47. The summed E-state index contributed by atoms with van der Waals surface area (Å²) in [5.41, 5.74) is 3.38. The number of hydrogen-bond acceptors (Lipinski definition) is 3. The second kappa shape index (κ2) is 5.02. The predicted molar refractivity (Wildman–Crippen MR) is 76.8 cm³/mol. The lowest BCUT2D eigenvalue weighted by molar-refractivity contribution is 0.534. The third-order valence-electron chi connectivity index (χ3n) is 3.06. The van der Waals surface area contributed by atoms with Gasteiger partial charge in [-0.2, -0.15) is 5.26 Å². The van der Waals surface area contributed by atoms with Crippen molar-refractivity contribution >= 4 is 0 Å². The SMILES string of the molecule is Cc1nc(-c2ccc(C#N)cc2)c(-c2ccccc2)o1. The molecule has 0 amide bonds. The standard InChI is InChI=1S/C17H12N2O/c1-12-19-16(14-9-7-13(11-18)8-10-14)17(20-12)15-5-3-2-4-6-15/h2-10H,1H3. The Morgan fingerprint density at radius 1 is 0.950 bits per heavy atom. The summed E-state index contributed by atoms with van der Waals surface area (Å²) in [4.78, 5) is 4.46. The fraction of sp³-hybridized carbons (Fsp3) is 0.0588. The van der Waals surface area contributed by atoms with Crippen molar-refractivity contribution in [1.29, 1.82) is 5.26 Å². The zero-order valence-electron chi connectivity index (χ0n) is 11.0. The van der Waals surface area contributed by atoms with Crippen molar-refractivity contribution in [2.75, 3.05) is 0 Å². The van der Waals surface area contributed by atoms with E-state index in [1.807, 2.05) is 49.4 Å². The van der Waals surface area contributed by atoms with E-state index in [9.17, 15) is 0 Å². The largest absolute Gasteiger partial charge is 0.440 e. The highest BCUT2D eigenvalue weighted by molar-refractivity contribution is 5.77. The van der Waals surface area contributed by atoms with Gasteiger partial charge in [-0.15, -0.1) is 0 Å². The Hall–Kier alpha value is -2.86. The van der Waals surface area contributed by atoms with E-state index in [0.29, 0.717) is 11.5 Å². The van der Waals surface area contributed by atoms with E-state index in [0.717, 1.165) is 22.6 Å². The van der Waals surface area contributed by atoms with E-state index in [-0.39, 0.29) is 0 Å². The molecule has 2 aromatic carbocycles. The Morgan fingerprint density at radius 3 is 2.30 bits per heavy atom. The molecule has 96 valence electrons. The van der Waals surface area contributed by atoms with Gasteiger partial charge in [-0.05, 0) is 12.1 Å². The van der Waals surface area contributed by atoms with Crippen LogP contribution in [0, 0.1) is 18.3 Å². The third-order valence-corrected chi connectivity index (χ3v) is 3.06. The Balaban J connectivity index is 2.12. The van der Waals surface area contributed by atoms with Crippen LogP contribution >= 0.6 is 0 Å². The van der Waals surface area contributed by atoms with Crippen LogP contribution in [-0.4, -0.2) is 4.98 Å². The van der Waals surface area contributed by atoms with Gasteiger partial charge in [0.05, 0.1) is 11.6 Å². The van der Waals surface area contributed by atoms with E-state index in [1.54, 1.807) is 12.1 Å². The summed E-state index contributed by atoms with van der Waals surface area (Å²) in [6, 6.07) is 19.4. The molecule has 0 atom stereocenters. The van der Waals surface area contributed by atoms with Gasteiger partial charge in [-0.25, -0.2) is 4.98 Å². The Bertz CT molecular complexity index is 765. The minimum absolute atomic E-state index is 0.628. The number of aryl methyl sites for hydroxylation is 1. The van der Waals surface area contributed by atoms with Crippen molar-refractivity contribution in [2.45, 2.75) is 6.92 Å². The molecule has 3 aromatic rings. The van der Waals surface area contributed by atoms with Gasteiger partial charge < -0.3 is 4.42 Å². The molecule has 3 rings (SSSR count). The number of rotatable bonds is 2. The molecular formula is C17H12N2O. The number of nitriles is 1. The maximum absolute atomic E-state index is 8.85. The topological polar surface area (TPSA) is 49.8 Å². The van der Waals surface area contributed by atoms with Crippen molar-refractivity contribution in [3.8, 4) is 28.7 Å². The van der Waals surface area contributed by atoms with E-state index in [2.05, 4.69) is 11.1 Å². The van der Waals surface area contributed by atoms with Gasteiger partial charge in [0.25, 0.3) is 0 Å². The molecule has 20 heavy (non-hydrogen) atoms. The van der Waals surface area contributed by atoms with Crippen LogP contribution in [0.25, 0.3) is 22.6 Å². The minimum Gasteiger partial charge on any atom is -0.440 e. The molecule has 0 spiro atoms. The van der Waals surface area contributed by atoms with Crippen LogP contribution in [0.5, 0.6) is 0 Å². The molecule has 0 unspecified atom stereocenters. The lowest BCUT2D eigenvalue weighted by Crippen LogP contribution is -1.83. The molecule has 1 aromatic heterocycles. The highest BCUT2D eigenvalue weighted by atomic mass is 16.4. The zero-order valence-corrected chi connectivity index (χ0v) is 11.0.